The number of hydrogen-bond donors (Lipinski definition) is 1. The van der Waals surface area contributed by atoms with Crippen LogP contribution in [0.1, 0.15) is 16.1 Å². The van der Waals surface area contributed by atoms with Gasteiger partial charge in [0.1, 0.15) is 10.6 Å². The van der Waals surface area contributed by atoms with Gasteiger partial charge in [-0.25, -0.2) is 18.1 Å². The summed E-state index contributed by atoms with van der Waals surface area (Å²) in [5.74, 6) is -0.779. The van der Waals surface area contributed by atoms with Crippen molar-refractivity contribution in [2.75, 3.05) is 0 Å². The topological polar surface area (TPSA) is 76.1 Å². The Morgan fingerprint density at radius 1 is 1.42 bits per heavy atom. The highest BCUT2D eigenvalue weighted by atomic mass is 35.5. The van der Waals surface area contributed by atoms with Crippen LogP contribution in [0, 0.1) is 6.92 Å². The van der Waals surface area contributed by atoms with E-state index in [0.29, 0.717) is 5.56 Å². The Kier molecular flexibility index (Phi) is 3.88. The van der Waals surface area contributed by atoms with Gasteiger partial charge < -0.3 is 0 Å². The number of benzene rings is 1. The molecule has 5 nitrogen and oxygen atoms in total. The second-order valence-electron chi connectivity index (χ2n) is 3.70. The van der Waals surface area contributed by atoms with Crippen molar-refractivity contribution in [2.24, 2.45) is 0 Å². The molecule has 0 aliphatic heterocycles. The van der Waals surface area contributed by atoms with Gasteiger partial charge in [0.2, 0.25) is 0 Å². The number of carbonyl (C=O) groups excluding carboxylic acids is 1. The van der Waals surface area contributed by atoms with Gasteiger partial charge in [0.25, 0.3) is 15.9 Å². The van der Waals surface area contributed by atoms with Crippen LogP contribution in [-0.4, -0.2) is 19.3 Å². The Hall–Kier alpha value is -1.44. The third kappa shape index (κ3) is 2.94. The Bertz CT molecular complexity index is 712. The van der Waals surface area contributed by atoms with Crippen molar-refractivity contribution in [2.45, 2.75) is 11.8 Å². The molecule has 0 saturated heterocycles. The summed E-state index contributed by atoms with van der Waals surface area (Å²) in [6, 6.07) is 4.58. The Morgan fingerprint density at radius 2 is 2.16 bits per heavy atom. The number of carbonyl (C=O) groups is 1. The summed E-state index contributed by atoms with van der Waals surface area (Å²) < 4.78 is 26.1. The third-order valence-electron chi connectivity index (χ3n) is 2.34. The van der Waals surface area contributed by atoms with E-state index in [9.17, 15) is 13.2 Å². The fourth-order valence-corrected chi connectivity index (χ4v) is 3.46. The minimum atomic E-state index is -4.01. The molecule has 100 valence electrons. The third-order valence-corrected chi connectivity index (χ3v) is 4.91. The number of halogens is 1. The summed E-state index contributed by atoms with van der Waals surface area (Å²) in [6.07, 6.45) is 0. The van der Waals surface area contributed by atoms with Crippen LogP contribution in [0.2, 0.25) is 5.02 Å². The summed E-state index contributed by atoms with van der Waals surface area (Å²) in [5, 5.41) is 1.56. The Morgan fingerprint density at radius 3 is 2.79 bits per heavy atom. The molecular formula is C11H9ClN2O3S2. The van der Waals surface area contributed by atoms with Gasteiger partial charge in [-0.05, 0) is 18.6 Å². The largest absolute Gasteiger partial charge is 0.284 e. The van der Waals surface area contributed by atoms with E-state index in [2.05, 4.69) is 4.98 Å². The van der Waals surface area contributed by atoms with Gasteiger partial charge in [0, 0.05) is 5.38 Å². The maximum Gasteiger partial charge on any atom is 0.284 e. The number of nitrogens with zero attached hydrogens (tertiary/aromatic N) is 1. The molecule has 0 aliphatic carbocycles. The van der Waals surface area contributed by atoms with Gasteiger partial charge in [0.15, 0.2) is 0 Å². The van der Waals surface area contributed by atoms with Crippen LogP contribution in [0.15, 0.2) is 34.0 Å². The average molecular weight is 317 g/mol. The first kappa shape index (κ1) is 14.0. The molecule has 0 saturated carbocycles. The highest BCUT2D eigenvalue weighted by Gasteiger charge is 2.22. The molecule has 0 atom stereocenters. The lowest BCUT2D eigenvalue weighted by atomic mass is 10.2. The van der Waals surface area contributed by atoms with Crippen molar-refractivity contribution in [1.82, 2.24) is 9.71 Å². The van der Waals surface area contributed by atoms with Crippen LogP contribution in [0.4, 0.5) is 0 Å². The summed E-state index contributed by atoms with van der Waals surface area (Å²) in [5.41, 5.74) is 2.12. The molecule has 2 rings (SSSR count). The van der Waals surface area contributed by atoms with E-state index >= 15 is 0 Å². The van der Waals surface area contributed by atoms with Crippen molar-refractivity contribution in [3.8, 4) is 0 Å². The van der Waals surface area contributed by atoms with Crippen molar-refractivity contribution in [3.63, 3.8) is 0 Å². The molecule has 0 bridgehead atoms. The van der Waals surface area contributed by atoms with E-state index in [1.807, 2.05) is 4.72 Å². The smallest absolute Gasteiger partial charge is 0.266 e. The monoisotopic (exact) mass is 316 g/mol. The molecular weight excluding hydrogens is 308 g/mol. The predicted molar refractivity (Wildman–Crippen MR) is 73.0 cm³/mol. The van der Waals surface area contributed by atoms with Crippen LogP contribution in [0.3, 0.4) is 0 Å². The number of rotatable bonds is 3. The second-order valence-corrected chi connectivity index (χ2v) is 6.44. The highest BCUT2D eigenvalue weighted by molar-refractivity contribution is 7.90. The van der Waals surface area contributed by atoms with E-state index in [-0.39, 0.29) is 15.6 Å². The standard InChI is InChI=1S/C11H9ClN2O3S2/c1-7-3-2-4-9(10(7)12)19(16,17)14-11(15)8-5-18-6-13-8/h2-6H,1H3,(H,14,15). The van der Waals surface area contributed by atoms with Crippen LogP contribution in [0.5, 0.6) is 0 Å². The van der Waals surface area contributed by atoms with Crippen LogP contribution < -0.4 is 4.72 Å². The summed E-state index contributed by atoms with van der Waals surface area (Å²) in [7, 11) is -4.01. The Labute approximate surface area is 119 Å². The van der Waals surface area contributed by atoms with E-state index in [0.717, 1.165) is 0 Å². The predicted octanol–water partition coefficient (Wildman–Crippen LogP) is 2.22. The molecule has 1 heterocycles. The number of aromatic nitrogens is 1. The van der Waals surface area contributed by atoms with Crippen LogP contribution >= 0.6 is 22.9 Å². The SMILES string of the molecule is Cc1cccc(S(=O)(=O)NC(=O)c2cscn2)c1Cl. The van der Waals surface area contributed by atoms with Gasteiger partial charge in [-0.1, -0.05) is 23.7 Å². The summed E-state index contributed by atoms with van der Waals surface area (Å²) in [4.78, 5) is 15.3. The molecule has 19 heavy (non-hydrogen) atoms. The minimum absolute atomic E-state index is 0.0531. The van der Waals surface area contributed by atoms with Gasteiger partial charge in [-0.15, -0.1) is 11.3 Å². The second kappa shape index (κ2) is 5.28. The fraction of sp³-hybridized carbons (Fsp3) is 0.0909. The molecule has 0 radical (unpaired) electrons. The number of hydrogen-bond acceptors (Lipinski definition) is 5. The lowest BCUT2D eigenvalue weighted by molar-refractivity contribution is 0.0977. The minimum Gasteiger partial charge on any atom is -0.266 e. The van der Waals surface area contributed by atoms with Crippen molar-refractivity contribution >= 4 is 38.9 Å². The van der Waals surface area contributed by atoms with Gasteiger partial charge in [0.05, 0.1) is 10.5 Å². The molecule has 0 aliphatic rings. The molecule has 0 fully saturated rings. The van der Waals surface area contributed by atoms with Crippen LogP contribution in [0.25, 0.3) is 0 Å². The molecule has 1 aromatic heterocycles. The fourth-order valence-electron chi connectivity index (χ4n) is 1.38. The summed E-state index contributed by atoms with van der Waals surface area (Å²) >= 11 is 7.14. The molecule has 0 unspecified atom stereocenters. The normalized spacial score (nSPS) is 11.3. The average Bonchev–Trinajstić information content (AvgIpc) is 2.85. The van der Waals surface area contributed by atoms with E-state index in [1.165, 1.54) is 28.3 Å². The number of thiazole rings is 1. The van der Waals surface area contributed by atoms with Gasteiger partial charge >= 0.3 is 0 Å². The molecule has 2 aromatic rings. The molecule has 1 amide bonds. The first-order valence-corrected chi connectivity index (χ1v) is 7.92. The number of aryl methyl sites for hydroxylation is 1. The quantitative estimate of drug-likeness (QED) is 0.942. The zero-order valence-corrected chi connectivity index (χ0v) is 12.1. The molecule has 1 N–H and O–H groups in total. The lowest BCUT2D eigenvalue weighted by Gasteiger charge is -2.08. The maximum atomic E-state index is 12.1. The zero-order valence-electron chi connectivity index (χ0n) is 9.75. The highest BCUT2D eigenvalue weighted by Crippen LogP contribution is 2.24. The first-order valence-electron chi connectivity index (χ1n) is 5.12. The van der Waals surface area contributed by atoms with Gasteiger partial charge in [-0.2, -0.15) is 0 Å². The number of sulfonamides is 1. The van der Waals surface area contributed by atoms with Crippen molar-refractivity contribution in [1.29, 1.82) is 0 Å². The molecule has 0 spiro atoms. The van der Waals surface area contributed by atoms with Crippen molar-refractivity contribution in [3.05, 3.63) is 45.4 Å². The lowest BCUT2D eigenvalue weighted by Crippen LogP contribution is -2.31. The zero-order chi connectivity index (χ0) is 14.0. The molecule has 1 aromatic carbocycles. The first-order chi connectivity index (χ1) is 8.92. The van der Waals surface area contributed by atoms with E-state index in [1.54, 1.807) is 19.1 Å². The Balaban J connectivity index is 2.33. The molecule has 8 heteroatoms. The number of nitrogens with one attached hydrogen (secondary N) is 1. The maximum absolute atomic E-state index is 12.1. The van der Waals surface area contributed by atoms with E-state index in [4.69, 9.17) is 11.6 Å². The number of amides is 1. The van der Waals surface area contributed by atoms with Crippen molar-refractivity contribution < 1.29 is 13.2 Å². The van der Waals surface area contributed by atoms with E-state index < -0.39 is 15.9 Å². The van der Waals surface area contributed by atoms with Crippen LogP contribution in [-0.2, 0) is 10.0 Å². The summed E-state index contributed by atoms with van der Waals surface area (Å²) in [6.45, 7) is 1.68. The van der Waals surface area contributed by atoms with Gasteiger partial charge in [-0.3, -0.25) is 4.79 Å².